The molecule has 0 aliphatic carbocycles. The molecule has 1 atom stereocenters. The number of carbonyl (C=O) groups is 4. The number of urea groups is 1. The minimum atomic E-state index is -1.17. The summed E-state index contributed by atoms with van der Waals surface area (Å²) in [6, 6.07) is 14.8. The third kappa shape index (κ3) is 3.89. The first kappa shape index (κ1) is 21.0. The fraction of sp³-hybridized carbons (Fsp3) is 0.273. The Morgan fingerprint density at radius 2 is 1.67 bits per heavy atom. The lowest BCUT2D eigenvalue weighted by molar-refractivity contribution is -0.134. The van der Waals surface area contributed by atoms with Gasteiger partial charge in [0.25, 0.3) is 11.8 Å². The second-order valence-electron chi connectivity index (χ2n) is 7.27. The van der Waals surface area contributed by atoms with Crippen molar-refractivity contribution in [1.29, 1.82) is 0 Å². The highest BCUT2D eigenvalue weighted by Crippen LogP contribution is 2.32. The Hall–Kier alpha value is -3.68. The zero-order valence-corrected chi connectivity index (χ0v) is 17.1. The van der Waals surface area contributed by atoms with E-state index in [2.05, 4.69) is 10.6 Å². The number of anilines is 1. The van der Waals surface area contributed by atoms with Crippen molar-refractivity contribution in [2.75, 3.05) is 26.0 Å². The summed E-state index contributed by atoms with van der Waals surface area (Å²) in [7, 11) is 3.31. The molecule has 30 heavy (non-hydrogen) atoms. The number of hydrogen-bond donors (Lipinski definition) is 2. The van der Waals surface area contributed by atoms with Crippen molar-refractivity contribution in [3.8, 4) is 0 Å². The number of rotatable bonds is 6. The molecule has 0 spiro atoms. The maximum atomic E-state index is 13.1. The molecule has 1 saturated heterocycles. The molecule has 2 N–H and O–H groups in total. The number of nitrogens with one attached hydrogen (secondary N) is 2. The molecule has 0 bridgehead atoms. The first-order valence-electron chi connectivity index (χ1n) is 9.59. The highest BCUT2D eigenvalue weighted by atomic mass is 16.2. The van der Waals surface area contributed by atoms with Crippen LogP contribution in [0.3, 0.4) is 0 Å². The van der Waals surface area contributed by atoms with E-state index < -0.39 is 29.9 Å². The normalized spacial score (nSPS) is 18.2. The van der Waals surface area contributed by atoms with Crippen molar-refractivity contribution >= 4 is 29.4 Å². The average molecular weight is 408 g/mol. The van der Waals surface area contributed by atoms with Crippen LogP contribution in [0.5, 0.6) is 0 Å². The molecule has 1 aliphatic rings. The van der Waals surface area contributed by atoms with Gasteiger partial charge in [-0.3, -0.25) is 19.3 Å². The summed E-state index contributed by atoms with van der Waals surface area (Å²) in [5, 5.41) is 5.40. The molecule has 2 aromatic carbocycles. The van der Waals surface area contributed by atoms with E-state index in [1.807, 2.05) is 13.0 Å². The van der Waals surface area contributed by atoms with Gasteiger partial charge in [0.05, 0.1) is 0 Å². The summed E-state index contributed by atoms with van der Waals surface area (Å²) in [6.07, 6.45) is 0.362. The van der Waals surface area contributed by atoms with Gasteiger partial charge in [0.1, 0.15) is 12.1 Å². The minimum Gasteiger partial charge on any atom is -0.345 e. The lowest BCUT2D eigenvalue weighted by Gasteiger charge is -2.25. The number of imide groups is 1. The molecular formula is C22H24N4O4. The number of benzene rings is 2. The maximum absolute atomic E-state index is 13.1. The van der Waals surface area contributed by atoms with E-state index in [1.165, 1.54) is 4.90 Å². The molecule has 1 aliphatic heterocycles. The van der Waals surface area contributed by atoms with Crippen molar-refractivity contribution in [3.05, 3.63) is 65.7 Å². The van der Waals surface area contributed by atoms with Gasteiger partial charge in [-0.05, 0) is 36.2 Å². The van der Waals surface area contributed by atoms with Crippen LogP contribution in [-0.2, 0) is 15.1 Å². The molecule has 0 radical (unpaired) electrons. The summed E-state index contributed by atoms with van der Waals surface area (Å²) in [6.45, 7) is 1.41. The lowest BCUT2D eigenvalue weighted by Crippen LogP contribution is -2.44. The highest BCUT2D eigenvalue weighted by molar-refractivity contribution is 6.10. The quantitative estimate of drug-likeness (QED) is 0.716. The standard InChI is InChI=1S/C22H24N4O4/c1-4-22(16-8-6-5-7-9-16)20(29)26(21(30)24-22)14-18(27)23-17-12-10-15(11-13-17)19(28)25(2)3/h5-13H,4,14H2,1-3H3,(H,23,27)(H,24,30)/t22-/m0/s1. The highest BCUT2D eigenvalue weighted by Gasteiger charge is 2.51. The van der Waals surface area contributed by atoms with Gasteiger partial charge in [0, 0.05) is 25.3 Å². The molecule has 2 aromatic rings. The van der Waals surface area contributed by atoms with Gasteiger partial charge < -0.3 is 15.5 Å². The molecule has 0 aromatic heterocycles. The maximum Gasteiger partial charge on any atom is 0.325 e. The Balaban J connectivity index is 1.70. The van der Waals surface area contributed by atoms with E-state index in [0.29, 0.717) is 23.2 Å². The van der Waals surface area contributed by atoms with E-state index in [9.17, 15) is 19.2 Å². The van der Waals surface area contributed by atoms with Gasteiger partial charge in [-0.1, -0.05) is 37.3 Å². The van der Waals surface area contributed by atoms with Crippen LogP contribution < -0.4 is 10.6 Å². The average Bonchev–Trinajstić information content (AvgIpc) is 2.99. The van der Waals surface area contributed by atoms with Gasteiger partial charge >= 0.3 is 6.03 Å². The molecule has 0 saturated carbocycles. The molecule has 1 heterocycles. The van der Waals surface area contributed by atoms with Crippen LogP contribution in [0.4, 0.5) is 10.5 Å². The molecule has 156 valence electrons. The van der Waals surface area contributed by atoms with E-state index in [0.717, 1.165) is 4.90 Å². The van der Waals surface area contributed by atoms with Crippen LogP contribution in [0.25, 0.3) is 0 Å². The van der Waals surface area contributed by atoms with Crippen molar-refractivity contribution in [2.45, 2.75) is 18.9 Å². The molecule has 8 heteroatoms. The number of amides is 5. The Bertz CT molecular complexity index is 972. The van der Waals surface area contributed by atoms with Crippen LogP contribution in [0.2, 0.25) is 0 Å². The summed E-state index contributed by atoms with van der Waals surface area (Å²) in [4.78, 5) is 52.3. The number of carbonyl (C=O) groups excluding carboxylic acids is 4. The molecule has 1 fully saturated rings. The van der Waals surface area contributed by atoms with Gasteiger partial charge in [0.15, 0.2) is 0 Å². The smallest absolute Gasteiger partial charge is 0.325 e. The Labute approximate surface area is 174 Å². The Kier molecular flexibility index (Phi) is 5.86. The zero-order valence-electron chi connectivity index (χ0n) is 17.1. The van der Waals surface area contributed by atoms with Gasteiger partial charge in [0.2, 0.25) is 5.91 Å². The molecular weight excluding hydrogens is 384 g/mol. The first-order chi connectivity index (χ1) is 14.3. The third-order valence-electron chi connectivity index (χ3n) is 5.10. The van der Waals surface area contributed by atoms with Crippen LogP contribution >= 0.6 is 0 Å². The lowest BCUT2D eigenvalue weighted by atomic mass is 9.87. The SMILES string of the molecule is CC[C@@]1(c2ccccc2)NC(=O)N(CC(=O)Nc2ccc(C(=O)N(C)C)cc2)C1=O. The van der Waals surface area contributed by atoms with E-state index in [1.54, 1.807) is 62.6 Å². The van der Waals surface area contributed by atoms with Crippen LogP contribution in [0, 0.1) is 0 Å². The summed E-state index contributed by atoms with van der Waals surface area (Å²) in [5.74, 6) is -1.11. The summed E-state index contributed by atoms with van der Waals surface area (Å²) < 4.78 is 0. The van der Waals surface area contributed by atoms with E-state index in [4.69, 9.17) is 0 Å². The Morgan fingerprint density at radius 1 is 1.03 bits per heavy atom. The topological polar surface area (TPSA) is 98.8 Å². The van der Waals surface area contributed by atoms with E-state index >= 15 is 0 Å². The van der Waals surface area contributed by atoms with Crippen molar-refractivity contribution < 1.29 is 19.2 Å². The third-order valence-corrected chi connectivity index (χ3v) is 5.10. The Morgan fingerprint density at radius 3 is 2.23 bits per heavy atom. The zero-order chi connectivity index (χ0) is 21.9. The van der Waals surface area contributed by atoms with Gasteiger partial charge in [-0.15, -0.1) is 0 Å². The van der Waals surface area contributed by atoms with Crippen molar-refractivity contribution in [1.82, 2.24) is 15.1 Å². The first-order valence-corrected chi connectivity index (χ1v) is 9.59. The predicted octanol–water partition coefficient (Wildman–Crippen LogP) is 2.18. The number of hydrogen-bond acceptors (Lipinski definition) is 4. The predicted molar refractivity (Wildman–Crippen MR) is 112 cm³/mol. The molecule has 8 nitrogen and oxygen atoms in total. The monoisotopic (exact) mass is 408 g/mol. The van der Waals surface area contributed by atoms with Crippen LogP contribution in [0.1, 0.15) is 29.3 Å². The second-order valence-corrected chi connectivity index (χ2v) is 7.27. The number of nitrogens with zero attached hydrogens (tertiary/aromatic N) is 2. The minimum absolute atomic E-state index is 0.149. The molecule has 3 rings (SSSR count). The fourth-order valence-electron chi connectivity index (χ4n) is 3.43. The second kappa shape index (κ2) is 8.36. The fourth-order valence-corrected chi connectivity index (χ4v) is 3.43. The van der Waals surface area contributed by atoms with E-state index in [-0.39, 0.29) is 5.91 Å². The summed E-state index contributed by atoms with van der Waals surface area (Å²) in [5.41, 5.74) is 0.456. The van der Waals surface area contributed by atoms with Crippen LogP contribution in [-0.4, -0.2) is 54.2 Å². The largest absolute Gasteiger partial charge is 0.345 e. The molecule has 0 unspecified atom stereocenters. The van der Waals surface area contributed by atoms with Gasteiger partial charge in [-0.25, -0.2) is 4.79 Å². The van der Waals surface area contributed by atoms with Crippen LogP contribution in [0.15, 0.2) is 54.6 Å². The molecule has 5 amide bonds. The summed E-state index contributed by atoms with van der Waals surface area (Å²) >= 11 is 0. The van der Waals surface area contributed by atoms with Gasteiger partial charge in [-0.2, -0.15) is 0 Å². The van der Waals surface area contributed by atoms with Crippen molar-refractivity contribution in [2.24, 2.45) is 0 Å². The van der Waals surface area contributed by atoms with Crippen molar-refractivity contribution in [3.63, 3.8) is 0 Å².